The molecule has 1 aromatic rings. The van der Waals surface area contributed by atoms with E-state index in [2.05, 4.69) is 4.72 Å². The summed E-state index contributed by atoms with van der Waals surface area (Å²) < 4.78 is 31.9. The second kappa shape index (κ2) is 5.66. The number of halogens is 1. The summed E-state index contributed by atoms with van der Waals surface area (Å²) >= 11 is 5.81. The highest BCUT2D eigenvalue weighted by Gasteiger charge is 2.30. The van der Waals surface area contributed by atoms with E-state index < -0.39 is 10.0 Å². The third-order valence-corrected chi connectivity index (χ3v) is 4.85. The lowest BCUT2D eigenvalue weighted by molar-refractivity contribution is 0.402. The summed E-state index contributed by atoms with van der Waals surface area (Å²) in [6.45, 7) is 0.235. The Morgan fingerprint density at radius 3 is 2.79 bits per heavy atom. The van der Waals surface area contributed by atoms with Crippen molar-refractivity contribution in [1.29, 1.82) is 0 Å². The van der Waals surface area contributed by atoms with Crippen molar-refractivity contribution in [2.24, 2.45) is 11.7 Å². The number of nitrogens with two attached hydrogens (primary N) is 1. The summed E-state index contributed by atoms with van der Waals surface area (Å²) in [4.78, 5) is 0.0717. The molecule has 1 fully saturated rings. The van der Waals surface area contributed by atoms with Gasteiger partial charge in [0.05, 0.1) is 7.11 Å². The van der Waals surface area contributed by atoms with Crippen LogP contribution in [0.25, 0.3) is 0 Å². The average Bonchev–Trinajstić information content (AvgIpc) is 3.19. The first-order valence-corrected chi connectivity index (χ1v) is 7.89. The SMILES string of the molecule is COc1cc(Cl)ccc1S(=O)(=O)NCC(N)C1CC1. The first-order chi connectivity index (χ1) is 8.94. The van der Waals surface area contributed by atoms with Crippen molar-refractivity contribution in [3.05, 3.63) is 23.2 Å². The lowest BCUT2D eigenvalue weighted by Gasteiger charge is -2.14. The molecule has 2 rings (SSSR count). The van der Waals surface area contributed by atoms with Crippen LogP contribution in [0, 0.1) is 5.92 Å². The van der Waals surface area contributed by atoms with Crippen molar-refractivity contribution in [1.82, 2.24) is 4.72 Å². The highest BCUT2D eigenvalue weighted by molar-refractivity contribution is 7.89. The number of ether oxygens (including phenoxy) is 1. The van der Waals surface area contributed by atoms with Gasteiger partial charge in [0, 0.05) is 23.7 Å². The number of rotatable bonds is 6. The molecule has 0 radical (unpaired) electrons. The third-order valence-electron chi connectivity index (χ3n) is 3.15. The van der Waals surface area contributed by atoms with Crippen molar-refractivity contribution in [3.8, 4) is 5.75 Å². The summed E-state index contributed by atoms with van der Waals surface area (Å²) in [6, 6.07) is 4.27. The van der Waals surface area contributed by atoms with E-state index in [1.54, 1.807) is 0 Å². The van der Waals surface area contributed by atoms with Gasteiger partial charge in [-0.25, -0.2) is 13.1 Å². The van der Waals surface area contributed by atoms with Crippen LogP contribution in [-0.2, 0) is 10.0 Å². The van der Waals surface area contributed by atoms with Gasteiger partial charge < -0.3 is 10.5 Å². The van der Waals surface area contributed by atoms with Crippen molar-refractivity contribution in [2.45, 2.75) is 23.8 Å². The van der Waals surface area contributed by atoms with Crippen LogP contribution in [0.4, 0.5) is 0 Å². The topological polar surface area (TPSA) is 81.4 Å². The van der Waals surface area contributed by atoms with Gasteiger partial charge in [-0.3, -0.25) is 0 Å². The maximum Gasteiger partial charge on any atom is 0.244 e. The second-order valence-corrected chi connectivity index (χ2v) is 6.82. The Kier molecular flexibility index (Phi) is 4.35. The molecule has 106 valence electrons. The number of sulfonamides is 1. The molecule has 0 amide bonds. The van der Waals surface area contributed by atoms with Gasteiger partial charge in [-0.1, -0.05) is 11.6 Å². The predicted octanol–water partition coefficient (Wildman–Crippen LogP) is 1.36. The van der Waals surface area contributed by atoms with Crippen LogP contribution >= 0.6 is 11.6 Å². The van der Waals surface area contributed by atoms with Crippen LogP contribution in [0.2, 0.25) is 5.02 Å². The lowest BCUT2D eigenvalue weighted by Crippen LogP contribution is -2.38. The Morgan fingerprint density at radius 1 is 1.53 bits per heavy atom. The van der Waals surface area contributed by atoms with Gasteiger partial charge in [0.2, 0.25) is 10.0 Å². The van der Waals surface area contributed by atoms with Crippen LogP contribution in [0.1, 0.15) is 12.8 Å². The Labute approximate surface area is 118 Å². The number of benzene rings is 1. The van der Waals surface area contributed by atoms with Crippen LogP contribution in [0.3, 0.4) is 0 Å². The van der Waals surface area contributed by atoms with Gasteiger partial charge in [0.25, 0.3) is 0 Å². The molecule has 1 atom stereocenters. The first-order valence-electron chi connectivity index (χ1n) is 6.03. The largest absolute Gasteiger partial charge is 0.495 e. The molecule has 1 unspecified atom stereocenters. The van der Waals surface area contributed by atoms with Gasteiger partial charge in [0.1, 0.15) is 10.6 Å². The number of hydrogen-bond donors (Lipinski definition) is 2. The van der Waals surface area contributed by atoms with Gasteiger partial charge in [0.15, 0.2) is 0 Å². The number of hydrogen-bond acceptors (Lipinski definition) is 4. The zero-order valence-electron chi connectivity index (χ0n) is 10.6. The molecular weight excluding hydrogens is 288 g/mol. The zero-order chi connectivity index (χ0) is 14.0. The molecule has 0 aromatic heterocycles. The molecule has 3 N–H and O–H groups in total. The zero-order valence-corrected chi connectivity index (χ0v) is 12.2. The number of nitrogens with one attached hydrogen (secondary N) is 1. The fourth-order valence-corrected chi connectivity index (χ4v) is 3.22. The molecule has 0 bridgehead atoms. The van der Waals surface area contributed by atoms with E-state index >= 15 is 0 Å². The Bertz CT molecular complexity index is 558. The van der Waals surface area contributed by atoms with Crippen LogP contribution in [0.15, 0.2) is 23.1 Å². The molecule has 7 heteroatoms. The quantitative estimate of drug-likeness (QED) is 0.831. The van der Waals surface area contributed by atoms with Crippen molar-refractivity contribution >= 4 is 21.6 Å². The fourth-order valence-electron chi connectivity index (χ4n) is 1.84. The van der Waals surface area contributed by atoms with E-state index in [1.165, 1.54) is 25.3 Å². The molecule has 1 saturated carbocycles. The molecule has 1 aromatic carbocycles. The Hall–Kier alpha value is -0.820. The fraction of sp³-hybridized carbons (Fsp3) is 0.500. The summed E-state index contributed by atoms with van der Waals surface area (Å²) in [5.41, 5.74) is 5.88. The molecule has 0 heterocycles. The van der Waals surface area contributed by atoms with Gasteiger partial charge in [-0.2, -0.15) is 0 Å². The van der Waals surface area contributed by atoms with Crippen LogP contribution < -0.4 is 15.2 Å². The van der Waals surface area contributed by atoms with Gasteiger partial charge in [-0.15, -0.1) is 0 Å². The molecule has 1 aliphatic carbocycles. The molecular formula is C12H17ClN2O3S. The Balaban J connectivity index is 2.14. The minimum Gasteiger partial charge on any atom is -0.495 e. The molecule has 0 spiro atoms. The molecule has 0 aliphatic heterocycles. The maximum absolute atomic E-state index is 12.2. The van der Waals surface area contributed by atoms with E-state index in [9.17, 15) is 8.42 Å². The van der Waals surface area contributed by atoms with Gasteiger partial charge in [-0.05, 0) is 30.9 Å². The minimum atomic E-state index is -3.63. The smallest absolute Gasteiger partial charge is 0.244 e. The highest BCUT2D eigenvalue weighted by Crippen LogP contribution is 2.31. The standard InChI is InChI=1S/C12H17ClN2O3S/c1-18-11-6-9(13)4-5-12(11)19(16,17)15-7-10(14)8-2-3-8/h4-6,8,10,15H,2-3,7,14H2,1H3. The van der Waals surface area contributed by atoms with Crippen molar-refractivity contribution < 1.29 is 13.2 Å². The van der Waals surface area contributed by atoms with Crippen LogP contribution in [-0.4, -0.2) is 28.1 Å². The summed E-state index contributed by atoms with van der Waals surface area (Å²) in [7, 11) is -2.23. The van der Waals surface area contributed by atoms with Crippen molar-refractivity contribution in [3.63, 3.8) is 0 Å². The van der Waals surface area contributed by atoms with Crippen molar-refractivity contribution in [2.75, 3.05) is 13.7 Å². The number of methoxy groups -OCH3 is 1. The van der Waals surface area contributed by atoms with E-state index in [4.69, 9.17) is 22.1 Å². The first kappa shape index (κ1) is 14.6. The Morgan fingerprint density at radius 2 is 2.21 bits per heavy atom. The third kappa shape index (κ3) is 3.60. The predicted molar refractivity (Wildman–Crippen MR) is 73.9 cm³/mol. The van der Waals surface area contributed by atoms with E-state index in [0.717, 1.165) is 12.8 Å². The van der Waals surface area contributed by atoms with E-state index in [-0.39, 0.29) is 23.2 Å². The second-order valence-electron chi connectivity index (χ2n) is 4.65. The summed E-state index contributed by atoms with van der Waals surface area (Å²) in [6.07, 6.45) is 2.15. The molecule has 19 heavy (non-hydrogen) atoms. The maximum atomic E-state index is 12.2. The molecule has 0 saturated heterocycles. The summed E-state index contributed by atoms with van der Waals surface area (Å²) in [5.74, 6) is 0.662. The minimum absolute atomic E-state index is 0.0717. The van der Waals surface area contributed by atoms with Gasteiger partial charge >= 0.3 is 0 Å². The monoisotopic (exact) mass is 304 g/mol. The lowest BCUT2D eigenvalue weighted by atomic mass is 10.2. The molecule has 5 nitrogen and oxygen atoms in total. The molecule has 1 aliphatic rings. The van der Waals surface area contributed by atoms with E-state index in [0.29, 0.717) is 10.9 Å². The normalized spacial score (nSPS) is 17.2. The summed E-state index contributed by atoms with van der Waals surface area (Å²) in [5, 5.41) is 0.422. The average molecular weight is 305 g/mol. The highest BCUT2D eigenvalue weighted by atomic mass is 35.5. The van der Waals surface area contributed by atoms with Crippen LogP contribution in [0.5, 0.6) is 5.75 Å². The van der Waals surface area contributed by atoms with E-state index in [1.807, 2.05) is 0 Å².